The third kappa shape index (κ3) is 5.07. The second-order valence-corrected chi connectivity index (χ2v) is 9.21. The van der Waals surface area contributed by atoms with E-state index >= 15 is 0 Å². The van der Waals surface area contributed by atoms with Crippen LogP contribution in [-0.2, 0) is 11.8 Å². The molecule has 0 aliphatic heterocycles. The predicted octanol–water partition coefficient (Wildman–Crippen LogP) is 3.63. The fourth-order valence-corrected chi connectivity index (χ4v) is 4.34. The zero-order valence-electron chi connectivity index (χ0n) is 20.9. The van der Waals surface area contributed by atoms with Gasteiger partial charge in [-0.15, -0.1) is 0 Å². The van der Waals surface area contributed by atoms with E-state index in [1.165, 1.54) is 10.9 Å². The molecule has 1 aliphatic carbocycles. The SMILES string of the molecule is Cc1c(C(=O)Nc2ccc(Oc3ccnc(NC(=O)C4CC(O)C4)c3)cc2)c(=O)n(-c2ccccc2)n1C. The molecule has 0 unspecified atom stereocenters. The van der Waals surface area contributed by atoms with Crippen LogP contribution in [0.2, 0.25) is 0 Å². The number of aliphatic hydroxyl groups is 1. The number of aromatic nitrogens is 3. The standard InChI is InChI=1S/C28H27N5O5/c1-17-25(28(37)33(32(17)2)20-6-4-3-5-7-20)27(36)30-19-8-10-22(11-9-19)38-23-12-13-29-24(16-23)31-26(35)18-14-21(34)15-18/h3-13,16,18,21,34H,14-15H2,1-2H3,(H,30,36)(H,29,31,35). The van der Waals surface area contributed by atoms with Gasteiger partial charge in [-0.3, -0.25) is 19.1 Å². The number of pyridine rings is 1. The van der Waals surface area contributed by atoms with Gasteiger partial charge in [-0.25, -0.2) is 9.67 Å². The van der Waals surface area contributed by atoms with Crippen LogP contribution in [-0.4, -0.2) is 37.4 Å². The lowest BCUT2D eigenvalue weighted by Gasteiger charge is -2.29. The number of hydrogen-bond donors (Lipinski definition) is 3. The van der Waals surface area contributed by atoms with E-state index in [-0.39, 0.29) is 17.4 Å². The van der Waals surface area contributed by atoms with Gasteiger partial charge in [-0.2, -0.15) is 0 Å². The van der Waals surface area contributed by atoms with Crippen LogP contribution >= 0.6 is 0 Å². The van der Waals surface area contributed by atoms with E-state index < -0.39 is 17.6 Å². The van der Waals surface area contributed by atoms with E-state index in [0.717, 1.165) is 0 Å². The van der Waals surface area contributed by atoms with Crippen molar-refractivity contribution in [2.45, 2.75) is 25.9 Å². The van der Waals surface area contributed by atoms with Crippen LogP contribution in [0.5, 0.6) is 11.5 Å². The van der Waals surface area contributed by atoms with Crippen LogP contribution in [0.3, 0.4) is 0 Å². The molecule has 1 fully saturated rings. The number of carbonyl (C=O) groups is 2. The summed E-state index contributed by atoms with van der Waals surface area (Å²) in [4.78, 5) is 42.5. The van der Waals surface area contributed by atoms with Crippen LogP contribution in [0.4, 0.5) is 11.5 Å². The van der Waals surface area contributed by atoms with Crippen molar-refractivity contribution in [1.82, 2.24) is 14.3 Å². The van der Waals surface area contributed by atoms with Gasteiger partial charge in [0.1, 0.15) is 22.9 Å². The number of para-hydroxylation sites is 1. The number of carbonyl (C=O) groups excluding carboxylic acids is 2. The Bertz CT molecular complexity index is 1540. The van der Waals surface area contributed by atoms with Crippen molar-refractivity contribution in [2.24, 2.45) is 13.0 Å². The number of nitrogens with one attached hydrogen (secondary N) is 2. The van der Waals surface area contributed by atoms with Crippen molar-refractivity contribution in [3.8, 4) is 17.2 Å². The third-order valence-corrected chi connectivity index (χ3v) is 6.60. The number of aliphatic hydroxyl groups excluding tert-OH is 1. The molecule has 3 N–H and O–H groups in total. The number of ether oxygens (including phenoxy) is 1. The third-order valence-electron chi connectivity index (χ3n) is 6.60. The molecule has 0 atom stereocenters. The number of anilines is 2. The van der Waals surface area contributed by atoms with Gasteiger partial charge in [-0.1, -0.05) is 18.2 Å². The first-order valence-electron chi connectivity index (χ1n) is 12.2. The molecule has 10 heteroatoms. The Labute approximate surface area is 218 Å². The molecule has 2 aromatic heterocycles. The van der Waals surface area contributed by atoms with Crippen LogP contribution < -0.4 is 20.9 Å². The number of amides is 2. The van der Waals surface area contributed by atoms with Crippen LogP contribution in [0.1, 0.15) is 28.9 Å². The number of hydrogen-bond acceptors (Lipinski definition) is 6. The molecule has 2 heterocycles. The molecule has 2 amide bonds. The number of benzene rings is 2. The molecular formula is C28H27N5O5. The molecular weight excluding hydrogens is 486 g/mol. The highest BCUT2D eigenvalue weighted by Gasteiger charge is 2.33. The quantitative estimate of drug-likeness (QED) is 0.346. The highest BCUT2D eigenvalue weighted by atomic mass is 16.5. The monoisotopic (exact) mass is 513 g/mol. The van der Waals surface area contributed by atoms with Crippen molar-refractivity contribution >= 4 is 23.3 Å². The predicted molar refractivity (Wildman–Crippen MR) is 142 cm³/mol. The summed E-state index contributed by atoms with van der Waals surface area (Å²) < 4.78 is 8.99. The Morgan fingerprint density at radius 2 is 1.71 bits per heavy atom. The van der Waals surface area contributed by atoms with E-state index in [4.69, 9.17) is 4.74 Å². The normalized spacial score (nSPS) is 16.4. The maximum absolute atomic E-state index is 13.1. The Morgan fingerprint density at radius 1 is 1.00 bits per heavy atom. The Hall–Kier alpha value is -4.70. The zero-order valence-corrected chi connectivity index (χ0v) is 20.9. The van der Waals surface area contributed by atoms with Gasteiger partial charge >= 0.3 is 0 Å². The molecule has 2 aromatic carbocycles. The average molecular weight is 514 g/mol. The van der Waals surface area contributed by atoms with E-state index in [1.807, 2.05) is 18.2 Å². The highest BCUT2D eigenvalue weighted by molar-refractivity contribution is 6.05. The minimum Gasteiger partial charge on any atom is -0.457 e. The van der Waals surface area contributed by atoms with E-state index in [2.05, 4.69) is 15.6 Å². The maximum Gasteiger partial charge on any atom is 0.284 e. The Morgan fingerprint density at radius 3 is 2.39 bits per heavy atom. The van der Waals surface area contributed by atoms with Gasteiger partial charge < -0.3 is 20.5 Å². The molecule has 1 aliphatic rings. The van der Waals surface area contributed by atoms with E-state index in [9.17, 15) is 19.5 Å². The second kappa shape index (κ2) is 10.3. The lowest BCUT2D eigenvalue weighted by molar-refractivity contribution is -0.126. The first-order valence-corrected chi connectivity index (χ1v) is 12.2. The molecule has 0 spiro atoms. The van der Waals surface area contributed by atoms with Crippen molar-refractivity contribution in [3.05, 3.63) is 94.5 Å². The molecule has 0 saturated heterocycles. The zero-order chi connectivity index (χ0) is 26.8. The molecule has 5 rings (SSSR count). The van der Waals surface area contributed by atoms with Gasteiger partial charge in [0.2, 0.25) is 5.91 Å². The number of nitrogens with zero attached hydrogens (tertiary/aromatic N) is 3. The molecule has 0 bridgehead atoms. The fraction of sp³-hybridized carbons (Fsp3) is 0.214. The minimum atomic E-state index is -0.500. The first-order chi connectivity index (χ1) is 18.3. The summed E-state index contributed by atoms with van der Waals surface area (Å²) >= 11 is 0. The summed E-state index contributed by atoms with van der Waals surface area (Å²) in [5.41, 5.74) is 1.39. The van der Waals surface area contributed by atoms with Crippen LogP contribution in [0.25, 0.3) is 5.69 Å². The Balaban J connectivity index is 1.25. The van der Waals surface area contributed by atoms with Crippen LogP contribution in [0.15, 0.2) is 77.7 Å². The van der Waals surface area contributed by atoms with Gasteiger partial charge in [0.05, 0.1) is 17.5 Å². The molecule has 4 aromatic rings. The summed E-state index contributed by atoms with van der Waals surface area (Å²) in [6.07, 6.45) is 2.03. The fourth-order valence-electron chi connectivity index (χ4n) is 4.34. The molecule has 10 nitrogen and oxygen atoms in total. The van der Waals surface area contributed by atoms with Crippen LogP contribution in [0, 0.1) is 12.8 Å². The highest BCUT2D eigenvalue weighted by Crippen LogP contribution is 2.29. The topological polar surface area (TPSA) is 127 Å². The van der Waals surface area contributed by atoms with Crippen molar-refractivity contribution < 1.29 is 19.4 Å². The first kappa shape index (κ1) is 25.0. The van der Waals surface area contributed by atoms with Gasteiger partial charge in [-0.05, 0) is 62.2 Å². The molecule has 38 heavy (non-hydrogen) atoms. The second-order valence-electron chi connectivity index (χ2n) is 9.21. The van der Waals surface area contributed by atoms with Crippen molar-refractivity contribution in [3.63, 3.8) is 0 Å². The molecule has 194 valence electrons. The summed E-state index contributed by atoms with van der Waals surface area (Å²) in [6, 6.07) is 19.1. The van der Waals surface area contributed by atoms with Gasteiger partial charge in [0.25, 0.3) is 11.5 Å². The smallest absolute Gasteiger partial charge is 0.284 e. The summed E-state index contributed by atoms with van der Waals surface area (Å²) in [7, 11) is 1.74. The summed E-state index contributed by atoms with van der Waals surface area (Å²) in [5, 5.41) is 14.9. The van der Waals surface area contributed by atoms with E-state index in [0.29, 0.717) is 47.2 Å². The molecule has 1 saturated carbocycles. The lowest BCUT2D eigenvalue weighted by Crippen LogP contribution is -2.37. The van der Waals surface area contributed by atoms with Gasteiger partial charge in [0.15, 0.2) is 0 Å². The lowest BCUT2D eigenvalue weighted by atomic mass is 9.82. The average Bonchev–Trinajstić information content (AvgIpc) is 3.11. The van der Waals surface area contributed by atoms with Crippen molar-refractivity contribution in [1.29, 1.82) is 0 Å². The Kier molecular flexibility index (Phi) is 6.80. The summed E-state index contributed by atoms with van der Waals surface area (Å²) in [6.45, 7) is 1.73. The maximum atomic E-state index is 13.1. The minimum absolute atomic E-state index is 0.0689. The molecule has 0 radical (unpaired) electrons. The van der Waals surface area contributed by atoms with E-state index in [1.54, 1.807) is 67.2 Å². The number of rotatable bonds is 7. The van der Waals surface area contributed by atoms with Gasteiger partial charge in [0, 0.05) is 30.9 Å². The van der Waals surface area contributed by atoms with Crippen molar-refractivity contribution in [2.75, 3.05) is 10.6 Å². The summed E-state index contributed by atoms with van der Waals surface area (Å²) in [5.74, 6) is 0.458. The largest absolute Gasteiger partial charge is 0.457 e.